The van der Waals surface area contributed by atoms with E-state index in [2.05, 4.69) is 0 Å². The maximum Gasteiger partial charge on any atom is 0.236 e. The Bertz CT molecular complexity index is 1130. The zero-order valence-corrected chi connectivity index (χ0v) is 16.4. The predicted octanol–water partition coefficient (Wildman–Crippen LogP) is 4.84. The molecule has 146 valence electrons. The topological polar surface area (TPSA) is 56.1 Å². The molecule has 0 aliphatic carbocycles. The highest BCUT2D eigenvalue weighted by molar-refractivity contribution is 7.89. The fraction of sp³-hybridized carbons (Fsp3) is 0.190. The Morgan fingerprint density at radius 3 is 1.75 bits per heavy atom. The Morgan fingerprint density at radius 1 is 0.893 bits per heavy atom. The first-order valence-electron chi connectivity index (χ1n) is 8.61. The van der Waals surface area contributed by atoms with Gasteiger partial charge in [-0.15, -0.1) is 0 Å². The molecule has 28 heavy (non-hydrogen) atoms. The van der Waals surface area contributed by atoms with Gasteiger partial charge in [0.25, 0.3) is 0 Å². The molecule has 0 fully saturated rings. The van der Waals surface area contributed by atoms with Crippen molar-refractivity contribution in [3.05, 3.63) is 71.4 Å². The maximum absolute atomic E-state index is 13.5. The van der Waals surface area contributed by atoms with Crippen molar-refractivity contribution in [3.63, 3.8) is 0 Å². The summed E-state index contributed by atoms with van der Waals surface area (Å²) in [5.74, 6) is -1.21. The van der Waals surface area contributed by atoms with Crippen LogP contribution in [-0.2, 0) is 10.0 Å². The molecule has 1 heterocycles. The second kappa shape index (κ2) is 7.31. The van der Waals surface area contributed by atoms with Crippen molar-refractivity contribution >= 4 is 16.3 Å². The summed E-state index contributed by atoms with van der Waals surface area (Å²) in [5.41, 5.74) is 2.09. The Labute approximate surface area is 162 Å². The maximum atomic E-state index is 13.5. The van der Waals surface area contributed by atoms with Crippen LogP contribution in [0, 0.1) is 11.6 Å². The van der Waals surface area contributed by atoms with Gasteiger partial charge in [0, 0.05) is 22.4 Å². The summed E-state index contributed by atoms with van der Waals surface area (Å²) < 4.78 is 53.4. The lowest BCUT2D eigenvalue weighted by Crippen LogP contribution is -2.16. The first-order chi connectivity index (χ1) is 13.1. The predicted molar refractivity (Wildman–Crippen MR) is 105 cm³/mol. The van der Waals surface area contributed by atoms with Crippen LogP contribution in [0.5, 0.6) is 0 Å². The number of aldehydes is 1. The highest BCUT2D eigenvalue weighted by Crippen LogP contribution is 2.42. The molecule has 0 amide bonds. The SMILES string of the molecule is CC(C)c1c(C=O)c(-c2ccc(F)cc2)c(-c2ccc(F)cc2)n1S(C)(=O)=O. The van der Waals surface area contributed by atoms with Gasteiger partial charge in [0.05, 0.1) is 11.9 Å². The number of nitrogens with zero attached hydrogens (tertiary/aromatic N) is 1. The van der Waals surface area contributed by atoms with Crippen molar-refractivity contribution in [1.82, 2.24) is 3.97 Å². The second-order valence-electron chi connectivity index (χ2n) is 6.84. The smallest absolute Gasteiger partial charge is 0.236 e. The Hall–Kier alpha value is -2.80. The van der Waals surface area contributed by atoms with Gasteiger partial charge in [-0.25, -0.2) is 21.2 Å². The van der Waals surface area contributed by atoms with Crippen molar-refractivity contribution in [2.75, 3.05) is 6.26 Å². The third kappa shape index (κ3) is 3.49. The van der Waals surface area contributed by atoms with E-state index in [0.717, 1.165) is 10.2 Å². The van der Waals surface area contributed by atoms with Gasteiger partial charge in [0.2, 0.25) is 10.0 Å². The first-order valence-corrected chi connectivity index (χ1v) is 10.5. The minimum atomic E-state index is -3.81. The van der Waals surface area contributed by atoms with Gasteiger partial charge in [-0.3, -0.25) is 4.79 Å². The molecule has 0 atom stereocenters. The lowest BCUT2D eigenvalue weighted by Gasteiger charge is -2.14. The molecule has 0 aliphatic rings. The molecule has 3 rings (SSSR count). The molecule has 0 aliphatic heterocycles. The van der Waals surface area contributed by atoms with Gasteiger partial charge in [-0.2, -0.15) is 0 Å². The molecule has 0 saturated heterocycles. The van der Waals surface area contributed by atoms with Crippen LogP contribution < -0.4 is 0 Å². The van der Waals surface area contributed by atoms with Crippen LogP contribution in [0.15, 0.2) is 48.5 Å². The van der Waals surface area contributed by atoms with Gasteiger partial charge >= 0.3 is 0 Å². The van der Waals surface area contributed by atoms with Crippen molar-refractivity contribution in [1.29, 1.82) is 0 Å². The van der Waals surface area contributed by atoms with Gasteiger partial charge in [-0.1, -0.05) is 26.0 Å². The highest BCUT2D eigenvalue weighted by atomic mass is 32.2. The molecule has 0 bridgehead atoms. The third-order valence-corrected chi connectivity index (χ3v) is 5.49. The number of aromatic nitrogens is 1. The van der Waals surface area contributed by atoms with E-state index in [1.165, 1.54) is 48.5 Å². The molecule has 1 aromatic heterocycles. The Balaban J connectivity index is 2.54. The van der Waals surface area contributed by atoms with Crippen LogP contribution in [-0.4, -0.2) is 24.9 Å². The van der Waals surface area contributed by atoms with Crippen LogP contribution in [0.25, 0.3) is 22.4 Å². The average molecular weight is 403 g/mol. The fourth-order valence-corrected chi connectivity index (χ4v) is 4.57. The number of benzene rings is 2. The largest absolute Gasteiger partial charge is 0.298 e. The zero-order valence-electron chi connectivity index (χ0n) is 15.6. The molecule has 7 heteroatoms. The highest BCUT2D eigenvalue weighted by Gasteiger charge is 2.30. The van der Waals surface area contributed by atoms with E-state index < -0.39 is 21.7 Å². The van der Waals surface area contributed by atoms with Crippen LogP contribution >= 0.6 is 0 Å². The lowest BCUT2D eigenvalue weighted by atomic mass is 9.95. The molecule has 2 aromatic carbocycles. The van der Waals surface area contributed by atoms with Gasteiger partial charge in [0.1, 0.15) is 11.6 Å². The van der Waals surface area contributed by atoms with Crippen LogP contribution in [0.1, 0.15) is 35.8 Å². The molecule has 4 nitrogen and oxygen atoms in total. The van der Waals surface area contributed by atoms with Crippen molar-refractivity contribution in [2.24, 2.45) is 0 Å². The summed E-state index contributed by atoms with van der Waals surface area (Å²) in [6.45, 7) is 3.57. The van der Waals surface area contributed by atoms with E-state index in [1.54, 1.807) is 13.8 Å². The molecule has 0 unspecified atom stereocenters. The number of carbonyl (C=O) groups is 1. The summed E-state index contributed by atoms with van der Waals surface area (Å²) in [5, 5.41) is 0. The molecule has 3 aromatic rings. The molecular weight excluding hydrogens is 384 g/mol. The normalized spacial score (nSPS) is 11.8. The monoisotopic (exact) mass is 403 g/mol. The van der Waals surface area contributed by atoms with Gasteiger partial charge in [0.15, 0.2) is 6.29 Å². The number of hydrogen-bond donors (Lipinski definition) is 0. The Morgan fingerprint density at radius 2 is 1.36 bits per heavy atom. The lowest BCUT2D eigenvalue weighted by molar-refractivity contribution is 0.112. The van der Waals surface area contributed by atoms with E-state index in [4.69, 9.17) is 0 Å². The van der Waals surface area contributed by atoms with Gasteiger partial charge in [-0.05, 0) is 47.9 Å². The van der Waals surface area contributed by atoms with Crippen molar-refractivity contribution < 1.29 is 22.0 Å². The average Bonchev–Trinajstić information content (AvgIpc) is 2.98. The number of hydrogen-bond acceptors (Lipinski definition) is 3. The minimum absolute atomic E-state index is 0.214. The van der Waals surface area contributed by atoms with E-state index >= 15 is 0 Å². The minimum Gasteiger partial charge on any atom is -0.298 e. The molecule has 0 N–H and O–H groups in total. The van der Waals surface area contributed by atoms with Crippen molar-refractivity contribution in [2.45, 2.75) is 19.8 Å². The molecule has 0 radical (unpaired) electrons. The van der Waals surface area contributed by atoms with Crippen LogP contribution in [0.3, 0.4) is 0 Å². The summed E-state index contributed by atoms with van der Waals surface area (Å²) in [6.07, 6.45) is 1.66. The fourth-order valence-electron chi connectivity index (χ4n) is 3.37. The number of rotatable bonds is 5. The summed E-state index contributed by atoms with van der Waals surface area (Å²) >= 11 is 0. The summed E-state index contributed by atoms with van der Waals surface area (Å²) in [6, 6.07) is 10.8. The van der Waals surface area contributed by atoms with Gasteiger partial charge < -0.3 is 0 Å². The Kier molecular flexibility index (Phi) is 5.21. The first kappa shape index (κ1) is 19.9. The number of halogens is 2. The molecule has 0 spiro atoms. The standard InChI is InChI=1S/C21H19F2NO3S/c1-13(2)20-18(12-25)19(14-4-8-16(22)9-5-14)21(24(20)28(3,26)27)15-6-10-17(23)11-7-15/h4-13H,1-3H3. The quantitative estimate of drug-likeness (QED) is 0.573. The second-order valence-corrected chi connectivity index (χ2v) is 8.67. The molecule has 0 saturated carbocycles. The van der Waals surface area contributed by atoms with E-state index in [-0.39, 0.29) is 17.2 Å². The van der Waals surface area contributed by atoms with Crippen molar-refractivity contribution in [3.8, 4) is 22.4 Å². The van der Waals surface area contributed by atoms with Crippen LogP contribution in [0.4, 0.5) is 8.78 Å². The summed E-state index contributed by atoms with van der Waals surface area (Å²) in [4.78, 5) is 12.0. The number of carbonyl (C=O) groups excluding carboxylic acids is 1. The third-order valence-electron chi connectivity index (χ3n) is 4.45. The zero-order chi connectivity index (χ0) is 20.6. The molecular formula is C21H19F2NO3S. The van der Waals surface area contributed by atoms with E-state index in [1.807, 2.05) is 0 Å². The van der Waals surface area contributed by atoms with Crippen LogP contribution in [0.2, 0.25) is 0 Å². The van der Waals surface area contributed by atoms with E-state index in [0.29, 0.717) is 28.7 Å². The van der Waals surface area contributed by atoms with E-state index in [9.17, 15) is 22.0 Å². The summed E-state index contributed by atoms with van der Waals surface area (Å²) in [7, 11) is -3.81.